The van der Waals surface area contributed by atoms with Crippen molar-refractivity contribution in [3.8, 4) is 5.75 Å². The number of fused-ring (bicyclic) bond motifs is 1. The molecule has 0 fully saturated rings. The van der Waals surface area contributed by atoms with Crippen molar-refractivity contribution in [3.63, 3.8) is 0 Å². The van der Waals surface area contributed by atoms with Gasteiger partial charge in [-0.05, 0) is 37.1 Å². The zero-order valence-electron chi connectivity index (χ0n) is 14.4. The summed E-state index contributed by atoms with van der Waals surface area (Å²) in [5.74, 6) is 1.38. The highest BCUT2D eigenvalue weighted by atomic mass is 19.1. The molecule has 0 saturated heterocycles. The first-order valence-corrected chi connectivity index (χ1v) is 8.61. The van der Waals surface area contributed by atoms with Crippen LogP contribution in [0.2, 0.25) is 0 Å². The van der Waals surface area contributed by atoms with Gasteiger partial charge >= 0.3 is 0 Å². The third kappa shape index (κ3) is 2.96. The summed E-state index contributed by atoms with van der Waals surface area (Å²) in [5.41, 5.74) is 7.84. The van der Waals surface area contributed by atoms with Gasteiger partial charge in [0.15, 0.2) is 0 Å². The van der Waals surface area contributed by atoms with Gasteiger partial charge in [-0.15, -0.1) is 5.10 Å². The van der Waals surface area contributed by atoms with Crippen molar-refractivity contribution in [2.45, 2.75) is 25.4 Å². The average molecular weight is 353 g/mol. The highest BCUT2D eigenvalue weighted by Crippen LogP contribution is 2.40. The van der Waals surface area contributed by atoms with Crippen LogP contribution in [0.25, 0.3) is 0 Å². The maximum atomic E-state index is 13.3. The van der Waals surface area contributed by atoms with Gasteiger partial charge in [-0.3, -0.25) is 0 Å². The van der Waals surface area contributed by atoms with E-state index < -0.39 is 0 Å². The molecule has 0 saturated carbocycles. The number of hydrogen-bond acceptors (Lipinski definition) is 5. The Hall–Kier alpha value is -3.09. The Kier molecular flexibility index (Phi) is 4.20. The Morgan fingerprint density at radius 1 is 1.23 bits per heavy atom. The first kappa shape index (κ1) is 16.4. The number of anilines is 2. The smallest absolute Gasteiger partial charge is 0.241 e. The largest absolute Gasteiger partial charge is 0.494 e. The fourth-order valence-electron chi connectivity index (χ4n) is 3.41. The minimum Gasteiger partial charge on any atom is -0.494 e. The first-order chi connectivity index (χ1) is 12.7. The van der Waals surface area contributed by atoms with Crippen LogP contribution < -0.4 is 15.8 Å². The van der Waals surface area contributed by atoms with Gasteiger partial charge in [0.2, 0.25) is 11.9 Å². The number of halogens is 1. The van der Waals surface area contributed by atoms with Gasteiger partial charge < -0.3 is 15.8 Å². The summed E-state index contributed by atoms with van der Waals surface area (Å²) in [7, 11) is 0. The molecule has 0 unspecified atom stereocenters. The number of nitrogen functional groups attached to an aromatic ring is 1. The van der Waals surface area contributed by atoms with E-state index >= 15 is 0 Å². The second kappa shape index (κ2) is 6.67. The lowest BCUT2D eigenvalue weighted by Crippen LogP contribution is -2.28. The van der Waals surface area contributed by atoms with Crippen LogP contribution >= 0.6 is 0 Å². The summed E-state index contributed by atoms with van der Waals surface area (Å²) < 4.78 is 20.9. The molecule has 0 radical (unpaired) electrons. The molecule has 6 nitrogen and oxygen atoms in total. The van der Waals surface area contributed by atoms with Crippen LogP contribution in [0.5, 0.6) is 5.75 Å². The quantitative estimate of drug-likeness (QED) is 0.750. The Morgan fingerprint density at radius 3 is 2.77 bits per heavy atom. The fraction of sp³-hybridized carbons (Fsp3) is 0.263. The molecule has 26 heavy (non-hydrogen) atoms. The zero-order chi connectivity index (χ0) is 18.1. The molecule has 3 aromatic rings. The van der Waals surface area contributed by atoms with Crippen molar-refractivity contribution >= 4 is 11.9 Å². The van der Waals surface area contributed by atoms with E-state index in [2.05, 4.69) is 15.4 Å². The van der Waals surface area contributed by atoms with Gasteiger partial charge in [-0.1, -0.05) is 30.3 Å². The molecule has 134 valence electrons. The monoisotopic (exact) mass is 353 g/mol. The summed E-state index contributed by atoms with van der Waals surface area (Å²) in [6.07, 6.45) is 0.714. The number of benzene rings is 2. The lowest BCUT2D eigenvalue weighted by molar-refractivity contribution is 0.325. The molecule has 1 aliphatic heterocycles. The molecule has 3 N–H and O–H groups in total. The van der Waals surface area contributed by atoms with E-state index in [1.165, 1.54) is 12.1 Å². The summed E-state index contributed by atoms with van der Waals surface area (Å²) in [5, 5.41) is 7.71. The Bertz CT molecular complexity index is 909. The lowest BCUT2D eigenvalue weighted by Gasteiger charge is -2.32. The molecule has 0 amide bonds. The number of nitrogens with two attached hydrogens (primary N) is 1. The number of rotatable bonds is 4. The van der Waals surface area contributed by atoms with Gasteiger partial charge in [-0.25, -0.2) is 9.07 Å². The average Bonchev–Trinajstić information content (AvgIpc) is 3.02. The lowest BCUT2D eigenvalue weighted by atomic mass is 9.93. The molecule has 4 rings (SSSR count). The molecule has 1 aromatic heterocycles. The molecular weight excluding hydrogens is 333 g/mol. The van der Waals surface area contributed by atoms with Crippen LogP contribution in [0.4, 0.5) is 16.3 Å². The van der Waals surface area contributed by atoms with E-state index in [-0.39, 0.29) is 23.8 Å². The van der Waals surface area contributed by atoms with Crippen molar-refractivity contribution in [2.75, 3.05) is 17.7 Å². The number of nitrogens with zero attached hydrogens (tertiary/aromatic N) is 3. The van der Waals surface area contributed by atoms with Crippen LogP contribution in [-0.2, 0) is 0 Å². The third-order valence-corrected chi connectivity index (χ3v) is 4.56. The number of nitrogens with one attached hydrogen (secondary N) is 1. The summed E-state index contributed by atoms with van der Waals surface area (Å²) in [4.78, 5) is 4.30. The van der Waals surface area contributed by atoms with Gasteiger partial charge in [0.25, 0.3) is 0 Å². The fourth-order valence-corrected chi connectivity index (χ4v) is 3.41. The van der Waals surface area contributed by atoms with Crippen LogP contribution in [0.1, 0.15) is 36.6 Å². The SMILES string of the molecule is CCOc1ccccc1[C@H]1C[C@@H](c2ccc(F)cc2)Nc2nc(N)nn21. The summed E-state index contributed by atoms with van der Waals surface area (Å²) >= 11 is 0. The Balaban J connectivity index is 1.77. The standard InChI is InChI=1S/C19H20FN5O/c1-2-26-17-6-4-3-5-14(17)16-11-15(12-7-9-13(20)10-8-12)22-19-23-18(21)24-25(16)19/h3-10,15-16H,2,11H2,1H3,(H3,21,22,23,24)/t15-,16+/m0/s1. The van der Waals surface area contributed by atoms with Crippen molar-refractivity contribution in [3.05, 3.63) is 65.5 Å². The molecular formula is C19H20FN5O. The number of ether oxygens (including phenoxy) is 1. The zero-order valence-corrected chi connectivity index (χ0v) is 14.4. The minimum atomic E-state index is -0.254. The Morgan fingerprint density at radius 2 is 2.00 bits per heavy atom. The van der Waals surface area contributed by atoms with Gasteiger partial charge in [-0.2, -0.15) is 4.98 Å². The van der Waals surface area contributed by atoms with Crippen molar-refractivity contribution in [1.82, 2.24) is 14.8 Å². The van der Waals surface area contributed by atoms with Crippen LogP contribution in [0.3, 0.4) is 0 Å². The normalized spacial score (nSPS) is 18.8. The molecule has 1 aliphatic rings. The highest BCUT2D eigenvalue weighted by Gasteiger charge is 2.32. The van der Waals surface area contributed by atoms with Crippen molar-refractivity contribution < 1.29 is 9.13 Å². The first-order valence-electron chi connectivity index (χ1n) is 8.61. The summed E-state index contributed by atoms with van der Waals surface area (Å²) in [6.45, 7) is 2.54. The van der Waals surface area contributed by atoms with Gasteiger partial charge in [0.05, 0.1) is 18.7 Å². The van der Waals surface area contributed by atoms with E-state index in [1.807, 2.05) is 31.2 Å². The maximum Gasteiger partial charge on any atom is 0.241 e. The predicted octanol–water partition coefficient (Wildman–Crippen LogP) is 3.54. The molecule has 0 spiro atoms. The van der Waals surface area contributed by atoms with Gasteiger partial charge in [0, 0.05) is 5.56 Å². The molecule has 0 aliphatic carbocycles. The molecule has 2 heterocycles. The summed E-state index contributed by atoms with van der Waals surface area (Å²) in [6, 6.07) is 14.3. The minimum absolute atomic E-state index is 0.0358. The van der Waals surface area contributed by atoms with E-state index in [1.54, 1.807) is 16.8 Å². The third-order valence-electron chi connectivity index (χ3n) is 4.56. The van der Waals surface area contributed by atoms with Crippen molar-refractivity contribution in [2.24, 2.45) is 0 Å². The maximum absolute atomic E-state index is 13.3. The van der Waals surface area contributed by atoms with E-state index in [0.29, 0.717) is 19.0 Å². The molecule has 2 atom stereocenters. The van der Waals surface area contributed by atoms with Gasteiger partial charge in [0.1, 0.15) is 11.6 Å². The van der Waals surface area contributed by atoms with Crippen LogP contribution in [0.15, 0.2) is 48.5 Å². The molecule has 2 aromatic carbocycles. The number of para-hydroxylation sites is 1. The molecule has 7 heteroatoms. The molecule has 0 bridgehead atoms. The number of hydrogen-bond donors (Lipinski definition) is 2. The van der Waals surface area contributed by atoms with E-state index in [4.69, 9.17) is 10.5 Å². The van der Waals surface area contributed by atoms with Crippen LogP contribution in [-0.4, -0.2) is 21.4 Å². The van der Waals surface area contributed by atoms with E-state index in [9.17, 15) is 4.39 Å². The topological polar surface area (TPSA) is 78.0 Å². The predicted molar refractivity (Wildman–Crippen MR) is 97.6 cm³/mol. The van der Waals surface area contributed by atoms with E-state index in [0.717, 1.165) is 16.9 Å². The van der Waals surface area contributed by atoms with Crippen molar-refractivity contribution in [1.29, 1.82) is 0 Å². The highest BCUT2D eigenvalue weighted by molar-refractivity contribution is 5.44. The second-order valence-corrected chi connectivity index (χ2v) is 6.21. The van der Waals surface area contributed by atoms with Crippen LogP contribution in [0, 0.1) is 5.82 Å². The Labute approximate surface area is 150 Å². The second-order valence-electron chi connectivity index (χ2n) is 6.21. The number of aromatic nitrogens is 3.